The first-order chi connectivity index (χ1) is 17.4. The molecule has 35 heavy (non-hydrogen) atoms. The zero-order chi connectivity index (χ0) is 22.9. The maximum Gasteiger partial charge on any atom is 0.0963 e. The Balaban J connectivity index is 1.53. The van der Waals surface area contributed by atoms with Gasteiger partial charge in [0.15, 0.2) is 0 Å². The molecule has 0 radical (unpaired) electrons. The molecule has 0 saturated heterocycles. The van der Waals surface area contributed by atoms with Gasteiger partial charge < -0.3 is 9.13 Å². The first-order valence-electron chi connectivity index (χ1n) is 11.7. The Kier molecular flexibility index (Phi) is 3.82. The molecule has 4 aromatic carbocycles. The third-order valence-electron chi connectivity index (χ3n) is 6.98. The Morgan fingerprint density at radius 3 is 2.26 bits per heavy atom. The SMILES string of the molecule is c1ccc(-n2cc(-n3c4cc5sc6ccccc6c5cc4c4ncccc43)c3ccccc32)cc1. The molecule has 4 heteroatoms. The van der Waals surface area contributed by atoms with Crippen LogP contribution in [-0.2, 0) is 0 Å². The number of fused-ring (bicyclic) bond motifs is 7. The normalized spacial score (nSPS) is 12.0. The summed E-state index contributed by atoms with van der Waals surface area (Å²) in [6, 6.07) is 36.8. The molecule has 0 unspecified atom stereocenters. The highest BCUT2D eigenvalue weighted by molar-refractivity contribution is 7.25. The van der Waals surface area contributed by atoms with Crippen LogP contribution in [0.3, 0.4) is 0 Å². The quantitative estimate of drug-likeness (QED) is 0.251. The summed E-state index contributed by atoms with van der Waals surface area (Å²) in [4.78, 5) is 4.85. The summed E-state index contributed by atoms with van der Waals surface area (Å²) in [6.45, 7) is 0. The highest BCUT2D eigenvalue weighted by atomic mass is 32.1. The van der Waals surface area contributed by atoms with Gasteiger partial charge in [-0.25, -0.2) is 0 Å². The summed E-state index contributed by atoms with van der Waals surface area (Å²) in [5.41, 5.74) is 6.86. The van der Waals surface area contributed by atoms with Crippen molar-refractivity contribution in [1.82, 2.24) is 14.1 Å². The number of para-hydroxylation sites is 2. The first-order valence-corrected chi connectivity index (χ1v) is 12.5. The van der Waals surface area contributed by atoms with Crippen molar-refractivity contribution < 1.29 is 0 Å². The first kappa shape index (κ1) is 19.0. The molecule has 0 N–H and O–H groups in total. The number of pyridine rings is 1. The molecule has 0 saturated carbocycles. The minimum Gasteiger partial charge on any atom is -0.314 e. The molecule has 0 amide bonds. The second kappa shape index (κ2) is 7.05. The van der Waals surface area contributed by atoms with E-state index in [2.05, 4.69) is 112 Å². The average molecular weight is 466 g/mol. The topological polar surface area (TPSA) is 22.8 Å². The van der Waals surface area contributed by atoms with Gasteiger partial charge in [0.05, 0.1) is 27.8 Å². The zero-order valence-electron chi connectivity index (χ0n) is 18.7. The summed E-state index contributed by atoms with van der Waals surface area (Å²) < 4.78 is 7.30. The fourth-order valence-corrected chi connectivity index (χ4v) is 6.57. The molecule has 0 spiro atoms. The smallest absolute Gasteiger partial charge is 0.0963 e. The maximum absolute atomic E-state index is 4.85. The average Bonchev–Trinajstić information content (AvgIpc) is 3.57. The zero-order valence-corrected chi connectivity index (χ0v) is 19.5. The summed E-state index contributed by atoms with van der Waals surface area (Å²) in [6.07, 6.45) is 4.16. The molecule has 0 atom stereocenters. The molecule has 4 heterocycles. The number of hydrogen-bond acceptors (Lipinski definition) is 2. The second-order valence-corrected chi connectivity index (χ2v) is 9.99. The minimum atomic E-state index is 1.04. The van der Waals surface area contributed by atoms with Crippen LogP contribution in [0.2, 0.25) is 0 Å². The van der Waals surface area contributed by atoms with Gasteiger partial charge >= 0.3 is 0 Å². The lowest BCUT2D eigenvalue weighted by Crippen LogP contribution is -1.94. The van der Waals surface area contributed by atoms with E-state index in [1.54, 1.807) is 0 Å². The van der Waals surface area contributed by atoms with Gasteiger partial charge in [-0.1, -0.05) is 54.6 Å². The Morgan fingerprint density at radius 1 is 0.571 bits per heavy atom. The third kappa shape index (κ3) is 2.63. The van der Waals surface area contributed by atoms with E-state index in [4.69, 9.17) is 4.98 Å². The lowest BCUT2D eigenvalue weighted by Gasteiger charge is -2.06. The van der Waals surface area contributed by atoms with Crippen LogP contribution in [0.15, 0.2) is 116 Å². The van der Waals surface area contributed by atoms with Gasteiger partial charge in [0.1, 0.15) is 0 Å². The Hall–Kier alpha value is -4.41. The number of rotatable bonds is 2. The molecule has 0 bridgehead atoms. The molecule has 8 rings (SSSR count). The Bertz CT molecular complexity index is 2060. The molecule has 164 valence electrons. The summed E-state index contributed by atoms with van der Waals surface area (Å²) in [5, 5.41) is 5.02. The van der Waals surface area contributed by atoms with Crippen molar-refractivity contribution in [2.75, 3.05) is 0 Å². The summed E-state index contributed by atoms with van der Waals surface area (Å²) >= 11 is 1.86. The van der Waals surface area contributed by atoms with Crippen molar-refractivity contribution >= 4 is 64.3 Å². The lowest BCUT2D eigenvalue weighted by molar-refractivity contribution is 1.10. The van der Waals surface area contributed by atoms with Gasteiger partial charge in [-0.2, -0.15) is 0 Å². The van der Waals surface area contributed by atoms with E-state index < -0.39 is 0 Å². The molecular formula is C31H19N3S. The second-order valence-electron chi connectivity index (χ2n) is 8.91. The van der Waals surface area contributed by atoms with E-state index in [0.29, 0.717) is 0 Å². The van der Waals surface area contributed by atoms with Crippen molar-refractivity contribution in [1.29, 1.82) is 0 Å². The van der Waals surface area contributed by atoms with E-state index in [1.807, 2.05) is 23.6 Å². The van der Waals surface area contributed by atoms with Crippen LogP contribution in [-0.4, -0.2) is 14.1 Å². The van der Waals surface area contributed by atoms with Crippen LogP contribution >= 0.6 is 11.3 Å². The lowest BCUT2D eigenvalue weighted by atomic mass is 10.1. The Morgan fingerprint density at radius 2 is 1.34 bits per heavy atom. The van der Waals surface area contributed by atoms with Crippen LogP contribution in [0.1, 0.15) is 0 Å². The van der Waals surface area contributed by atoms with Crippen molar-refractivity contribution in [3.63, 3.8) is 0 Å². The fourth-order valence-electron chi connectivity index (χ4n) is 5.45. The predicted molar refractivity (Wildman–Crippen MR) is 148 cm³/mol. The number of hydrogen-bond donors (Lipinski definition) is 0. The van der Waals surface area contributed by atoms with E-state index in [9.17, 15) is 0 Å². The predicted octanol–water partition coefficient (Wildman–Crippen LogP) is 8.49. The van der Waals surface area contributed by atoms with E-state index in [-0.39, 0.29) is 0 Å². The molecule has 0 aliphatic carbocycles. The van der Waals surface area contributed by atoms with Crippen LogP contribution in [0.25, 0.3) is 64.4 Å². The van der Waals surface area contributed by atoms with Crippen molar-refractivity contribution in [3.8, 4) is 11.4 Å². The van der Waals surface area contributed by atoms with E-state index in [1.165, 1.54) is 42.0 Å². The number of thiophene rings is 1. The van der Waals surface area contributed by atoms with Gasteiger partial charge in [-0.05, 0) is 48.5 Å². The van der Waals surface area contributed by atoms with Gasteiger partial charge in [0.25, 0.3) is 0 Å². The molecule has 8 aromatic rings. The van der Waals surface area contributed by atoms with Gasteiger partial charge in [-0.3, -0.25) is 4.98 Å². The van der Waals surface area contributed by atoms with Crippen LogP contribution < -0.4 is 0 Å². The monoisotopic (exact) mass is 465 g/mol. The number of aromatic nitrogens is 3. The van der Waals surface area contributed by atoms with Gasteiger partial charge in [-0.15, -0.1) is 11.3 Å². The number of nitrogens with zero attached hydrogens (tertiary/aromatic N) is 3. The van der Waals surface area contributed by atoms with E-state index in [0.717, 1.165) is 22.4 Å². The fraction of sp³-hybridized carbons (Fsp3) is 0. The van der Waals surface area contributed by atoms with Crippen LogP contribution in [0, 0.1) is 0 Å². The largest absolute Gasteiger partial charge is 0.314 e. The highest BCUT2D eigenvalue weighted by Crippen LogP contribution is 2.41. The minimum absolute atomic E-state index is 1.04. The molecule has 3 nitrogen and oxygen atoms in total. The maximum atomic E-state index is 4.85. The standard InChI is InChI=1S/C31H19N3S/c1-2-9-20(10-3-1)33-19-28(22-12-4-6-13-25(22)33)34-26-14-8-16-32-31(26)24-17-23-21-11-5-7-15-29(21)35-30(23)18-27(24)34/h1-19H. The van der Waals surface area contributed by atoms with Crippen molar-refractivity contribution in [2.24, 2.45) is 0 Å². The highest BCUT2D eigenvalue weighted by Gasteiger charge is 2.19. The van der Waals surface area contributed by atoms with Crippen molar-refractivity contribution in [3.05, 3.63) is 116 Å². The third-order valence-corrected chi connectivity index (χ3v) is 8.12. The van der Waals surface area contributed by atoms with E-state index >= 15 is 0 Å². The summed E-state index contributed by atoms with van der Waals surface area (Å²) in [5.74, 6) is 0. The van der Waals surface area contributed by atoms with Crippen LogP contribution in [0.4, 0.5) is 0 Å². The molecule has 0 fully saturated rings. The molecule has 0 aliphatic heterocycles. The van der Waals surface area contributed by atoms with Crippen LogP contribution in [0.5, 0.6) is 0 Å². The molecule has 4 aromatic heterocycles. The van der Waals surface area contributed by atoms with Gasteiger partial charge in [0.2, 0.25) is 0 Å². The Labute approximate surface area is 205 Å². The number of benzene rings is 4. The van der Waals surface area contributed by atoms with Crippen molar-refractivity contribution in [2.45, 2.75) is 0 Å². The molecular weight excluding hydrogens is 446 g/mol. The molecule has 0 aliphatic rings. The van der Waals surface area contributed by atoms with Gasteiger partial charge in [0, 0.05) is 49.0 Å². The summed E-state index contributed by atoms with van der Waals surface area (Å²) in [7, 11) is 0.